The van der Waals surface area contributed by atoms with Gasteiger partial charge in [-0.05, 0) is 38.8 Å². The number of aryl methyl sites for hydroxylation is 1. The van der Waals surface area contributed by atoms with Gasteiger partial charge >= 0.3 is 0 Å². The first-order valence-corrected chi connectivity index (χ1v) is 9.25. The predicted octanol–water partition coefficient (Wildman–Crippen LogP) is 3.07. The molecule has 1 aliphatic rings. The normalized spacial score (nSPS) is 18.3. The highest BCUT2D eigenvalue weighted by atomic mass is 32.1. The Morgan fingerprint density at radius 1 is 1.48 bits per heavy atom. The SMILES string of the molecule is CC(=NC[C@H]1CCCO1)c1c(C)[nH]n(-c2nc3ccccc3s2)c1=O. The van der Waals surface area contributed by atoms with E-state index in [1.165, 1.54) is 16.0 Å². The van der Waals surface area contributed by atoms with Gasteiger partial charge in [0.15, 0.2) is 0 Å². The quantitative estimate of drug-likeness (QED) is 0.730. The Morgan fingerprint density at radius 2 is 2.32 bits per heavy atom. The summed E-state index contributed by atoms with van der Waals surface area (Å²) in [7, 11) is 0. The number of aromatic nitrogens is 3. The number of nitrogens with zero attached hydrogens (tertiary/aromatic N) is 3. The second-order valence-electron chi connectivity index (χ2n) is 6.28. The summed E-state index contributed by atoms with van der Waals surface area (Å²) in [5.74, 6) is 0. The molecule has 1 N–H and O–H groups in total. The Bertz CT molecular complexity index is 959. The number of fused-ring (bicyclic) bond motifs is 1. The van der Waals surface area contributed by atoms with E-state index in [1.807, 2.05) is 38.1 Å². The molecule has 0 amide bonds. The summed E-state index contributed by atoms with van der Waals surface area (Å²) in [4.78, 5) is 22.0. The highest BCUT2D eigenvalue weighted by Crippen LogP contribution is 2.23. The maximum atomic E-state index is 12.9. The summed E-state index contributed by atoms with van der Waals surface area (Å²) in [6.07, 6.45) is 2.31. The second kappa shape index (κ2) is 6.57. The Balaban J connectivity index is 1.68. The number of H-pyrrole nitrogens is 1. The summed E-state index contributed by atoms with van der Waals surface area (Å²) in [5, 5.41) is 3.78. The number of aliphatic imine (C=N–C) groups is 1. The molecule has 0 bridgehead atoms. The third-order valence-corrected chi connectivity index (χ3v) is 5.48. The number of nitrogens with one attached hydrogen (secondary N) is 1. The van der Waals surface area contributed by atoms with Crippen LogP contribution in [0.2, 0.25) is 0 Å². The van der Waals surface area contributed by atoms with Crippen LogP contribution >= 0.6 is 11.3 Å². The molecule has 4 rings (SSSR count). The Hall–Kier alpha value is -2.25. The summed E-state index contributed by atoms with van der Waals surface area (Å²) < 4.78 is 8.17. The molecule has 1 aliphatic heterocycles. The second-order valence-corrected chi connectivity index (χ2v) is 7.29. The van der Waals surface area contributed by atoms with E-state index in [2.05, 4.69) is 15.1 Å². The zero-order valence-corrected chi connectivity index (χ0v) is 15.1. The van der Waals surface area contributed by atoms with Crippen LogP contribution in [-0.2, 0) is 4.74 Å². The maximum absolute atomic E-state index is 12.9. The van der Waals surface area contributed by atoms with Gasteiger partial charge in [0, 0.05) is 18.0 Å². The fraction of sp³-hybridized carbons (Fsp3) is 0.389. The summed E-state index contributed by atoms with van der Waals surface area (Å²) >= 11 is 1.49. The molecular formula is C18H20N4O2S. The average molecular weight is 356 g/mol. The highest BCUT2D eigenvalue weighted by Gasteiger charge is 2.19. The van der Waals surface area contributed by atoms with Gasteiger partial charge in [-0.25, -0.2) is 4.98 Å². The van der Waals surface area contributed by atoms with E-state index in [9.17, 15) is 4.79 Å². The van der Waals surface area contributed by atoms with Crippen molar-refractivity contribution in [3.05, 3.63) is 45.9 Å². The van der Waals surface area contributed by atoms with Crippen molar-refractivity contribution in [1.82, 2.24) is 14.8 Å². The van der Waals surface area contributed by atoms with Gasteiger partial charge in [0.05, 0.1) is 28.4 Å². The van der Waals surface area contributed by atoms with Crippen molar-refractivity contribution in [2.45, 2.75) is 32.8 Å². The van der Waals surface area contributed by atoms with Crippen molar-refractivity contribution >= 4 is 27.3 Å². The summed E-state index contributed by atoms with van der Waals surface area (Å²) in [5.41, 5.74) is 2.96. The minimum atomic E-state index is -0.106. The van der Waals surface area contributed by atoms with Crippen LogP contribution in [0.4, 0.5) is 0 Å². The Labute approximate surface area is 149 Å². The van der Waals surface area contributed by atoms with E-state index in [4.69, 9.17) is 4.74 Å². The molecular weight excluding hydrogens is 336 g/mol. The average Bonchev–Trinajstić information content (AvgIpc) is 3.31. The van der Waals surface area contributed by atoms with Gasteiger partial charge in [0.25, 0.3) is 5.56 Å². The fourth-order valence-electron chi connectivity index (χ4n) is 3.17. The largest absolute Gasteiger partial charge is 0.376 e. The molecule has 2 aromatic heterocycles. The molecule has 0 unspecified atom stereocenters. The van der Waals surface area contributed by atoms with E-state index in [0.29, 0.717) is 17.2 Å². The maximum Gasteiger partial charge on any atom is 0.282 e. The van der Waals surface area contributed by atoms with Crippen LogP contribution < -0.4 is 5.56 Å². The molecule has 1 saturated heterocycles. The molecule has 25 heavy (non-hydrogen) atoms. The molecule has 130 valence electrons. The number of hydrogen-bond donors (Lipinski definition) is 1. The zero-order valence-electron chi connectivity index (χ0n) is 14.3. The van der Waals surface area contributed by atoms with Crippen LogP contribution in [0.15, 0.2) is 34.1 Å². The lowest BCUT2D eigenvalue weighted by molar-refractivity contribution is 0.118. The lowest BCUT2D eigenvalue weighted by Gasteiger charge is -2.05. The minimum absolute atomic E-state index is 0.106. The van der Waals surface area contributed by atoms with Gasteiger partial charge in [0.2, 0.25) is 5.13 Å². The first kappa shape index (κ1) is 16.2. The lowest BCUT2D eigenvalue weighted by Crippen LogP contribution is -2.20. The van der Waals surface area contributed by atoms with Crippen molar-refractivity contribution in [1.29, 1.82) is 0 Å². The predicted molar refractivity (Wildman–Crippen MR) is 100 cm³/mol. The molecule has 6 nitrogen and oxygen atoms in total. The number of ether oxygens (including phenoxy) is 1. The molecule has 1 aromatic carbocycles. The van der Waals surface area contributed by atoms with Gasteiger partial charge in [-0.2, -0.15) is 4.68 Å². The molecule has 0 radical (unpaired) electrons. The van der Waals surface area contributed by atoms with Crippen molar-refractivity contribution in [2.75, 3.05) is 13.2 Å². The first-order chi connectivity index (χ1) is 12.1. The standard InChI is InChI=1S/C18H20N4O2S/c1-11(19-10-13-6-5-9-24-13)16-12(2)21-22(17(16)23)18-20-14-7-3-4-8-15(14)25-18/h3-4,7-8,13,21H,5-6,9-10H2,1-2H3/t13-/m1/s1. The lowest BCUT2D eigenvalue weighted by atomic mass is 10.1. The molecule has 3 heterocycles. The minimum Gasteiger partial charge on any atom is -0.376 e. The van der Waals surface area contributed by atoms with Crippen LogP contribution in [0.25, 0.3) is 15.3 Å². The molecule has 7 heteroatoms. The number of thiazole rings is 1. The van der Waals surface area contributed by atoms with E-state index in [1.54, 1.807) is 0 Å². The van der Waals surface area contributed by atoms with Crippen LogP contribution in [0.3, 0.4) is 0 Å². The van der Waals surface area contributed by atoms with Gasteiger partial charge in [-0.15, -0.1) is 0 Å². The number of aromatic amines is 1. The van der Waals surface area contributed by atoms with Gasteiger partial charge in [0.1, 0.15) is 0 Å². The summed E-state index contributed by atoms with van der Waals surface area (Å²) in [6.45, 7) is 5.20. The third-order valence-electron chi connectivity index (χ3n) is 4.46. The third kappa shape index (κ3) is 3.05. The molecule has 1 fully saturated rings. The number of para-hydroxylation sites is 1. The highest BCUT2D eigenvalue weighted by molar-refractivity contribution is 7.20. The fourth-order valence-corrected chi connectivity index (χ4v) is 4.09. The van der Waals surface area contributed by atoms with Crippen LogP contribution in [0, 0.1) is 6.92 Å². The smallest absolute Gasteiger partial charge is 0.282 e. The molecule has 0 saturated carbocycles. The van der Waals surface area contributed by atoms with Gasteiger partial charge in [-0.3, -0.25) is 14.9 Å². The Morgan fingerprint density at radius 3 is 3.08 bits per heavy atom. The molecule has 0 spiro atoms. The van der Waals surface area contributed by atoms with Crippen molar-refractivity contribution in [3.63, 3.8) is 0 Å². The van der Waals surface area contributed by atoms with Gasteiger partial charge in [-0.1, -0.05) is 23.5 Å². The van der Waals surface area contributed by atoms with Crippen molar-refractivity contribution in [3.8, 4) is 5.13 Å². The van der Waals surface area contributed by atoms with Crippen molar-refractivity contribution in [2.24, 2.45) is 4.99 Å². The van der Waals surface area contributed by atoms with E-state index in [0.717, 1.165) is 41.1 Å². The van der Waals surface area contributed by atoms with Crippen molar-refractivity contribution < 1.29 is 4.74 Å². The van der Waals surface area contributed by atoms with Crippen LogP contribution in [0.5, 0.6) is 0 Å². The molecule has 1 atom stereocenters. The van der Waals surface area contributed by atoms with Gasteiger partial charge < -0.3 is 4.74 Å². The topological polar surface area (TPSA) is 72.3 Å². The monoisotopic (exact) mass is 356 g/mol. The number of hydrogen-bond acceptors (Lipinski definition) is 5. The van der Waals surface area contributed by atoms with E-state index in [-0.39, 0.29) is 11.7 Å². The number of benzene rings is 1. The molecule has 0 aliphatic carbocycles. The Kier molecular flexibility index (Phi) is 4.27. The van der Waals surface area contributed by atoms with E-state index < -0.39 is 0 Å². The van der Waals surface area contributed by atoms with Crippen LogP contribution in [-0.4, -0.2) is 39.7 Å². The summed E-state index contributed by atoms with van der Waals surface area (Å²) in [6, 6.07) is 7.88. The van der Waals surface area contributed by atoms with E-state index >= 15 is 0 Å². The zero-order chi connectivity index (χ0) is 17.4. The first-order valence-electron chi connectivity index (χ1n) is 8.44. The molecule has 3 aromatic rings. The van der Waals surface area contributed by atoms with Crippen LogP contribution in [0.1, 0.15) is 31.0 Å². The number of rotatable bonds is 4.